The number of hydrogen-bond acceptors (Lipinski definition) is 2. The Bertz CT molecular complexity index is 643. The van der Waals surface area contributed by atoms with Crippen molar-refractivity contribution in [3.63, 3.8) is 0 Å². The number of aromatic nitrogens is 2. The molecule has 0 unspecified atom stereocenters. The number of rotatable bonds is 4. The molecule has 0 bridgehead atoms. The number of hydrogen-bond donors (Lipinski definition) is 1. The molecule has 1 aliphatic rings. The van der Waals surface area contributed by atoms with E-state index < -0.39 is 0 Å². The molecule has 2 aromatic rings. The summed E-state index contributed by atoms with van der Waals surface area (Å²) in [5.74, 6) is 0. The van der Waals surface area contributed by atoms with Crippen molar-refractivity contribution in [2.75, 3.05) is 6.61 Å². The lowest BCUT2D eigenvalue weighted by Gasteiger charge is -2.22. The normalized spacial score (nSPS) is 16.9. The third-order valence-corrected chi connectivity index (χ3v) is 4.95. The van der Waals surface area contributed by atoms with Gasteiger partial charge >= 0.3 is 0 Å². The fraction of sp³-hybridized carbons (Fsp3) is 0.533. The van der Waals surface area contributed by atoms with Crippen molar-refractivity contribution in [3.05, 3.63) is 26.5 Å². The molecule has 108 valence electrons. The van der Waals surface area contributed by atoms with E-state index in [9.17, 15) is 0 Å². The van der Waals surface area contributed by atoms with E-state index in [-0.39, 0.29) is 0 Å². The molecule has 5 heteroatoms. The standard InChI is InChI=1S/C15H19IN2OS/c16-11-6-7-14-13(10-11)17-15(20)18(14)8-9-19-12-4-2-1-3-5-12/h6-7,10,12H,1-5,8-9H2,(H,17,20). The van der Waals surface area contributed by atoms with Crippen molar-refractivity contribution >= 4 is 45.8 Å². The summed E-state index contributed by atoms with van der Waals surface area (Å²) in [6.07, 6.45) is 6.90. The van der Waals surface area contributed by atoms with Crippen molar-refractivity contribution < 1.29 is 4.74 Å². The lowest BCUT2D eigenvalue weighted by Crippen LogP contribution is -2.19. The molecule has 1 aromatic carbocycles. The first-order valence-corrected chi connectivity index (χ1v) is 8.72. The maximum atomic E-state index is 6.00. The van der Waals surface area contributed by atoms with Gasteiger partial charge in [0.15, 0.2) is 4.77 Å². The number of ether oxygens (including phenoxy) is 1. The zero-order valence-corrected chi connectivity index (χ0v) is 14.4. The molecule has 3 nitrogen and oxygen atoms in total. The van der Waals surface area contributed by atoms with Crippen LogP contribution in [-0.2, 0) is 11.3 Å². The largest absolute Gasteiger partial charge is 0.376 e. The van der Waals surface area contributed by atoms with Crippen LogP contribution in [0.3, 0.4) is 0 Å². The monoisotopic (exact) mass is 402 g/mol. The maximum absolute atomic E-state index is 6.00. The van der Waals surface area contributed by atoms with Crippen LogP contribution in [0.1, 0.15) is 32.1 Å². The van der Waals surface area contributed by atoms with Gasteiger partial charge in [-0.25, -0.2) is 0 Å². The van der Waals surface area contributed by atoms with Crippen molar-refractivity contribution in [2.45, 2.75) is 44.8 Å². The molecule has 1 aliphatic carbocycles. The predicted octanol–water partition coefficient (Wildman–Crippen LogP) is 4.65. The predicted molar refractivity (Wildman–Crippen MR) is 92.7 cm³/mol. The molecule has 1 aromatic heterocycles. The number of fused-ring (bicyclic) bond motifs is 1. The van der Waals surface area contributed by atoms with Crippen LogP contribution in [0.15, 0.2) is 18.2 Å². The summed E-state index contributed by atoms with van der Waals surface area (Å²) >= 11 is 7.73. The number of halogens is 1. The highest BCUT2D eigenvalue weighted by Crippen LogP contribution is 2.21. The van der Waals surface area contributed by atoms with Gasteiger partial charge in [0.1, 0.15) is 0 Å². The van der Waals surface area contributed by atoms with E-state index in [0.717, 1.165) is 23.4 Å². The topological polar surface area (TPSA) is 29.9 Å². The van der Waals surface area contributed by atoms with Gasteiger partial charge < -0.3 is 14.3 Å². The van der Waals surface area contributed by atoms with E-state index >= 15 is 0 Å². The number of imidazole rings is 1. The third kappa shape index (κ3) is 3.26. The van der Waals surface area contributed by atoms with Gasteiger partial charge in [-0.05, 0) is 65.8 Å². The number of nitrogens with one attached hydrogen (secondary N) is 1. The van der Waals surface area contributed by atoms with Crippen molar-refractivity contribution in [3.8, 4) is 0 Å². The quantitative estimate of drug-likeness (QED) is 0.596. The van der Waals surface area contributed by atoms with Gasteiger partial charge in [-0.1, -0.05) is 19.3 Å². The van der Waals surface area contributed by atoms with Crippen LogP contribution in [-0.4, -0.2) is 22.3 Å². The number of H-pyrrole nitrogens is 1. The van der Waals surface area contributed by atoms with Gasteiger partial charge in [0, 0.05) is 10.1 Å². The Morgan fingerprint density at radius 2 is 2.10 bits per heavy atom. The summed E-state index contributed by atoms with van der Waals surface area (Å²) in [4.78, 5) is 3.27. The zero-order chi connectivity index (χ0) is 13.9. The molecule has 0 atom stereocenters. The van der Waals surface area contributed by atoms with Crippen molar-refractivity contribution in [2.24, 2.45) is 0 Å². The average Bonchev–Trinajstić information content (AvgIpc) is 2.75. The molecule has 0 radical (unpaired) electrons. The summed E-state index contributed by atoms with van der Waals surface area (Å²) < 4.78 is 10.1. The van der Waals surface area contributed by atoms with Gasteiger partial charge in [-0.15, -0.1) is 0 Å². The van der Waals surface area contributed by atoms with Crippen LogP contribution in [0.25, 0.3) is 11.0 Å². The molecule has 0 saturated heterocycles. The Morgan fingerprint density at radius 3 is 2.90 bits per heavy atom. The summed E-state index contributed by atoms with van der Waals surface area (Å²) in [5.41, 5.74) is 2.28. The summed E-state index contributed by atoms with van der Waals surface area (Å²) in [6, 6.07) is 6.37. The number of aromatic amines is 1. The summed E-state index contributed by atoms with van der Waals surface area (Å²) in [6.45, 7) is 1.58. The molecule has 0 aliphatic heterocycles. The van der Waals surface area contributed by atoms with E-state index in [4.69, 9.17) is 17.0 Å². The molecule has 1 heterocycles. The SMILES string of the molecule is S=c1[nH]c2cc(I)ccc2n1CCOC1CCCCC1. The Hall–Kier alpha value is -0.400. The van der Waals surface area contributed by atoms with Crippen molar-refractivity contribution in [1.82, 2.24) is 9.55 Å². The van der Waals surface area contributed by atoms with Gasteiger partial charge in [0.2, 0.25) is 0 Å². The van der Waals surface area contributed by atoms with Gasteiger partial charge in [-0.3, -0.25) is 0 Å². The number of benzene rings is 1. The second-order valence-electron chi connectivity index (χ2n) is 5.37. The van der Waals surface area contributed by atoms with E-state index in [0.29, 0.717) is 6.10 Å². The highest BCUT2D eigenvalue weighted by atomic mass is 127. The minimum Gasteiger partial charge on any atom is -0.376 e. The van der Waals surface area contributed by atoms with Crippen LogP contribution in [0.4, 0.5) is 0 Å². The van der Waals surface area contributed by atoms with Gasteiger partial charge in [0.25, 0.3) is 0 Å². The molecular formula is C15H19IN2OS. The number of nitrogens with zero attached hydrogens (tertiary/aromatic N) is 1. The minimum atomic E-state index is 0.462. The highest BCUT2D eigenvalue weighted by molar-refractivity contribution is 14.1. The molecule has 1 saturated carbocycles. The Balaban J connectivity index is 1.68. The average molecular weight is 402 g/mol. The molecule has 0 spiro atoms. The minimum absolute atomic E-state index is 0.462. The van der Waals surface area contributed by atoms with Crippen LogP contribution < -0.4 is 0 Å². The Labute approximate surface area is 137 Å². The van der Waals surface area contributed by atoms with E-state index in [1.54, 1.807) is 0 Å². The smallest absolute Gasteiger partial charge is 0.178 e. The molecular weight excluding hydrogens is 383 g/mol. The van der Waals surface area contributed by atoms with Gasteiger partial charge in [0.05, 0.1) is 23.7 Å². The first-order valence-electron chi connectivity index (χ1n) is 7.24. The fourth-order valence-corrected chi connectivity index (χ4v) is 3.69. The first-order chi connectivity index (χ1) is 9.74. The lowest BCUT2D eigenvalue weighted by molar-refractivity contribution is 0.0243. The Morgan fingerprint density at radius 1 is 1.30 bits per heavy atom. The second-order valence-corrected chi connectivity index (χ2v) is 7.01. The third-order valence-electron chi connectivity index (χ3n) is 3.96. The van der Waals surface area contributed by atoms with Gasteiger partial charge in [-0.2, -0.15) is 0 Å². The summed E-state index contributed by atoms with van der Waals surface area (Å²) in [5, 5.41) is 0. The van der Waals surface area contributed by atoms with Crippen molar-refractivity contribution in [1.29, 1.82) is 0 Å². The molecule has 1 fully saturated rings. The van der Waals surface area contributed by atoms with Crippen LogP contribution in [0, 0.1) is 8.34 Å². The maximum Gasteiger partial charge on any atom is 0.178 e. The molecule has 20 heavy (non-hydrogen) atoms. The highest BCUT2D eigenvalue weighted by Gasteiger charge is 2.13. The Kier molecular flexibility index (Phi) is 4.78. The van der Waals surface area contributed by atoms with Crippen LogP contribution >= 0.6 is 34.8 Å². The molecule has 0 amide bonds. The fourth-order valence-electron chi connectivity index (χ4n) is 2.90. The lowest BCUT2D eigenvalue weighted by atomic mass is 9.98. The van der Waals surface area contributed by atoms with E-state index in [2.05, 4.69) is 50.3 Å². The molecule has 1 N–H and O–H groups in total. The van der Waals surface area contributed by atoms with E-state index in [1.807, 2.05) is 0 Å². The van der Waals surface area contributed by atoms with Crippen LogP contribution in [0.5, 0.6) is 0 Å². The second kappa shape index (κ2) is 6.58. The van der Waals surface area contributed by atoms with Crippen LogP contribution in [0.2, 0.25) is 0 Å². The van der Waals surface area contributed by atoms with E-state index in [1.165, 1.54) is 41.2 Å². The molecule has 3 rings (SSSR count). The summed E-state index contributed by atoms with van der Waals surface area (Å²) in [7, 11) is 0. The zero-order valence-electron chi connectivity index (χ0n) is 11.4. The first kappa shape index (κ1) is 14.5.